The third-order valence-corrected chi connectivity index (χ3v) is 2.11. The number of nitrogens with zero attached hydrogens (tertiary/aromatic N) is 3. The Labute approximate surface area is 101 Å². The fourth-order valence-electron chi connectivity index (χ4n) is 1.07. The molecular weight excluding hydrogens is 220 g/mol. The Bertz CT molecular complexity index is 399. The Hall–Kier alpha value is -1.85. The fourth-order valence-corrected chi connectivity index (χ4v) is 1.07. The van der Waals surface area contributed by atoms with E-state index in [1.54, 1.807) is 0 Å². The molecule has 1 aromatic rings. The van der Waals surface area contributed by atoms with Crippen molar-refractivity contribution in [3.05, 3.63) is 18.1 Å². The zero-order valence-electron chi connectivity index (χ0n) is 10.3. The molecule has 0 amide bonds. The number of amidine groups is 1. The van der Waals surface area contributed by atoms with Crippen molar-refractivity contribution in [2.24, 2.45) is 16.3 Å². The molecule has 0 radical (unpaired) electrons. The third kappa shape index (κ3) is 4.67. The van der Waals surface area contributed by atoms with Crippen LogP contribution in [0.4, 0.5) is 0 Å². The molecule has 6 nitrogen and oxygen atoms in total. The highest BCUT2D eigenvalue weighted by Crippen LogP contribution is 2.18. The molecule has 0 spiro atoms. The number of ether oxygens (including phenoxy) is 1. The van der Waals surface area contributed by atoms with Crippen molar-refractivity contribution in [3.63, 3.8) is 0 Å². The van der Waals surface area contributed by atoms with Crippen molar-refractivity contribution in [2.75, 3.05) is 6.61 Å². The molecule has 0 fully saturated rings. The van der Waals surface area contributed by atoms with E-state index in [1.807, 2.05) is 0 Å². The van der Waals surface area contributed by atoms with Crippen LogP contribution in [0, 0.1) is 5.41 Å². The predicted molar refractivity (Wildman–Crippen MR) is 64.1 cm³/mol. The second-order valence-corrected chi connectivity index (χ2v) is 4.89. The van der Waals surface area contributed by atoms with Crippen LogP contribution in [0.5, 0.6) is 5.88 Å². The summed E-state index contributed by atoms with van der Waals surface area (Å²) in [7, 11) is 0. The Morgan fingerprint density at radius 2 is 2.18 bits per heavy atom. The summed E-state index contributed by atoms with van der Waals surface area (Å²) in [5.74, 6) is 0.360. The van der Waals surface area contributed by atoms with E-state index in [0.29, 0.717) is 18.2 Å². The highest BCUT2D eigenvalue weighted by atomic mass is 16.5. The zero-order valence-corrected chi connectivity index (χ0v) is 10.3. The second kappa shape index (κ2) is 5.47. The van der Waals surface area contributed by atoms with Crippen LogP contribution in [0.25, 0.3) is 0 Å². The van der Waals surface area contributed by atoms with Gasteiger partial charge in [0.2, 0.25) is 5.88 Å². The van der Waals surface area contributed by atoms with Gasteiger partial charge in [-0.3, -0.25) is 0 Å². The average Bonchev–Trinajstić information content (AvgIpc) is 2.27. The van der Waals surface area contributed by atoms with Crippen molar-refractivity contribution < 1.29 is 9.94 Å². The van der Waals surface area contributed by atoms with E-state index < -0.39 is 0 Å². The Kier molecular flexibility index (Phi) is 4.25. The molecule has 0 saturated carbocycles. The minimum absolute atomic E-state index is 0.0620. The summed E-state index contributed by atoms with van der Waals surface area (Å²) in [6, 6.07) is 1.54. The van der Waals surface area contributed by atoms with E-state index in [9.17, 15) is 0 Å². The summed E-state index contributed by atoms with van der Waals surface area (Å²) in [6.45, 7) is 6.98. The molecule has 0 aliphatic rings. The van der Waals surface area contributed by atoms with E-state index in [1.165, 1.54) is 12.4 Å². The molecule has 6 heteroatoms. The summed E-state index contributed by atoms with van der Waals surface area (Å²) in [5.41, 5.74) is 5.97. The van der Waals surface area contributed by atoms with Crippen molar-refractivity contribution in [3.8, 4) is 5.88 Å². The molecule has 0 aliphatic carbocycles. The highest BCUT2D eigenvalue weighted by Gasteiger charge is 2.10. The van der Waals surface area contributed by atoms with E-state index in [0.717, 1.165) is 6.42 Å². The van der Waals surface area contributed by atoms with Gasteiger partial charge in [-0.1, -0.05) is 25.9 Å². The Morgan fingerprint density at radius 1 is 1.47 bits per heavy atom. The van der Waals surface area contributed by atoms with Gasteiger partial charge in [-0.05, 0) is 11.8 Å². The van der Waals surface area contributed by atoms with Gasteiger partial charge in [0.1, 0.15) is 12.0 Å². The number of oxime groups is 1. The van der Waals surface area contributed by atoms with Gasteiger partial charge in [-0.15, -0.1) is 0 Å². The topological polar surface area (TPSA) is 93.6 Å². The molecule has 1 heterocycles. The van der Waals surface area contributed by atoms with Crippen LogP contribution in [-0.2, 0) is 0 Å². The van der Waals surface area contributed by atoms with Crippen LogP contribution < -0.4 is 10.5 Å². The fraction of sp³-hybridized carbons (Fsp3) is 0.545. The van der Waals surface area contributed by atoms with Crippen molar-refractivity contribution >= 4 is 5.84 Å². The lowest BCUT2D eigenvalue weighted by Gasteiger charge is -2.17. The first-order chi connectivity index (χ1) is 7.92. The molecule has 0 saturated heterocycles. The lowest BCUT2D eigenvalue weighted by molar-refractivity contribution is 0.236. The van der Waals surface area contributed by atoms with Gasteiger partial charge in [-0.2, -0.15) is 0 Å². The molecule has 0 atom stereocenters. The molecule has 0 unspecified atom stereocenters. The lowest BCUT2D eigenvalue weighted by Crippen LogP contribution is -2.16. The first-order valence-electron chi connectivity index (χ1n) is 5.35. The number of nitrogens with two attached hydrogens (primary N) is 1. The molecule has 1 rings (SSSR count). The minimum Gasteiger partial charge on any atom is -0.478 e. The van der Waals surface area contributed by atoms with Gasteiger partial charge < -0.3 is 15.7 Å². The summed E-state index contributed by atoms with van der Waals surface area (Å²) < 4.78 is 5.47. The Morgan fingerprint density at radius 3 is 2.76 bits per heavy atom. The standard InChI is InChI=1S/C11H18N4O2/c1-11(2,3)4-5-17-9-6-8(10(12)15-16)13-7-14-9/h6-7,16H,4-5H2,1-3H3,(H2,12,15). The normalized spacial score (nSPS) is 12.5. The van der Waals surface area contributed by atoms with Gasteiger partial charge in [0.05, 0.1) is 6.61 Å². The number of aromatic nitrogens is 2. The van der Waals surface area contributed by atoms with Gasteiger partial charge in [0.25, 0.3) is 0 Å². The van der Waals surface area contributed by atoms with E-state index in [4.69, 9.17) is 15.7 Å². The van der Waals surface area contributed by atoms with Crippen LogP contribution in [0.15, 0.2) is 17.5 Å². The molecular formula is C11H18N4O2. The number of rotatable bonds is 4. The SMILES string of the molecule is CC(C)(C)CCOc1cc(/C(N)=N/O)ncn1. The molecule has 17 heavy (non-hydrogen) atoms. The molecule has 1 aromatic heterocycles. The first-order valence-corrected chi connectivity index (χ1v) is 5.35. The molecule has 0 aromatic carbocycles. The number of hydrogen-bond donors (Lipinski definition) is 2. The second-order valence-electron chi connectivity index (χ2n) is 4.89. The number of hydrogen-bond acceptors (Lipinski definition) is 5. The van der Waals surface area contributed by atoms with Crippen LogP contribution in [0.2, 0.25) is 0 Å². The van der Waals surface area contributed by atoms with Crippen molar-refractivity contribution in [1.29, 1.82) is 0 Å². The summed E-state index contributed by atoms with van der Waals surface area (Å²) in [4.78, 5) is 7.81. The van der Waals surface area contributed by atoms with E-state index >= 15 is 0 Å². The Balaban J connectivity index is 2.61. The molecule has 3 N–H and O–H groups in total. The smallest absolute Gasteiger partial charge is 0.217 e. The zero-order chi connectivity index (χ0) is 12.9. The summed E-state index contributed by atoms with van der Waals surface area (Å²) in [5, 5.41) is 11.4. The van der Waals surface area contributed by atoms with Gasteiger partial charge in [0.15, 0.2) is 5.84 Å². The minimum atomic E-state index is -0.0620. The maximum atomic E-state index is 8.52. The van der Waals surface area contributed by atoms with Crippen molar-refractivity contribution in [1.82, 2.24) is 9.97 Å². The van der Waals surface area contributed by atoms with Gasteiger partial charge >= 0.3 is 0 Å². The van der Waals surface area contributed by atoms with E-state index in [-0.39, 0.29) is 11.3 Å². The maximum Gasteiger partial charge on any atom is 0.217 e. The van der Waals surface area contributed by atoms with Crippen LogP contribution in [0.1, 0.15) is 32.9 Å². The van der Waals surface area contributed by atoms with Gasteiger partial charge in [0, 0.05) is 6.07 Å². The monoisotopic (exact) mass is 238 g/mol. The van der Waals surface area contributed by atoms with Gasteiger partial charge in [-0.25, -0.2) is 9.97 Å². The predicted octanol–water partition coefficient (Wildman–Crippen LogP) is 1.39. The lowest BCUT2D eigenvalue weighted by atomic mass is 9.93. The molecule has 0 bridgehead atoms. The van der Waals surface area contributed by atoms with Crippen LogP contribution >= 0.6 is 0 Å². The van der Waals surface area contributed by atoms with Crippen LogP contribution in [0.3, 0.4) is 0 Å². The summed E-state index contributed by atoms with van der Waals surface area (Å²) in [6.07, 6.45) is 2.23. The quantitative estimate of drug-likeness (QED) is 0.358. The molecule has 94 valence electrons. The van der Waals surface area contributed by atoms with E-state index in [2.05, 4.69) is 35.9 Å². The third-order valence-electron chi connectivity index (χ3n) is 2.11. The maximum absolute atomic E-state index is 8.52. The molecule has 0 aliphatic heterocycles. The first kappa shape index (κ1) is 13.2. The van der Waals surface area contributed by atoms with Crippen molar-refractivity contribution in [2.45, 2.75) is 27.2 Å². The average molecular weight is 238 g/mol. The summed E-state index contributed by atoms with van der Waals surface area (Å²) >= 11 is 0. The largest absolute Gasteiger partial charge is 0.478 e. The van der Waals surface area contributed by atoms with Crippen LogP contribution in [-0.4, -0.2) is 27.6 Å². The highest BCUT2D eigenvalue weighted by molar-refractivity contribution is 5.95.